The second-order valence-corrected chi connectivity index (χ2v) is 6.15. The average Bonchev–Trinajstić information content (AvgIpc) is 3.08. The van der Waals surface area contributed by atoms with Crippen molar-refractivity contribution in [1.29, 1.82) is 0 Å². The minimum atomic E-state index is -0.396. The van der Waals surface area contributed by atoms with E-state index in [0.717, 1.165) is 19.4 Å². The maximum absolute atomic E-state index is 12.8. The van der Waals surface area contributed by atoms with Crippen molar-refractivity contribution in [3.63, 3.8) is 0 Å². The lowest BCUT2D eigenvalue weighted by Gasteiger charge is -2.19. The average molecular weight is 305 g/mol. The van der Waals surface area contributed by atoms with Crippen LogP contribution < -0.4 is 11.1 Å². The number of fused-ring (bicyclic) bond motifs is 1. The molecule has 3 atom stereocenters. The molecule has 118 valence electrons. The van der Waals surface area contributed by atoms with Crippen LogP contribution in [0.1, 0.15) is 23.2 Å². The lowest BCUT2D eigenvalue weighted by molar-refractivity contribution is -0.129. The molecule has 1 saturated carbocycles. The maximum atomic E-state index is 12.8. The van der Waals surface area contributed by atoms with Crippen LogP contribution in [0.4, 0.5) is 4.39 Å². The summed E-state index contributed by atoms with van der Waals surface area (Å²) in [5.41, 5.74) is 6.40. The number of nitrogens with two attached hydrogens (primary N) is 1. The quantitative estimate of drug-likeness (QED) is 0.865. The van der Waals surface area contributed by atoms with E-state index < -0.39 is 5.82 Å². The van der Waals surface area contributed by atoms with E-state index in [0.29, 0.717) is 23.9 Å². The molecule has 1 aromatic rings. The number of hydrogen-bond acceptors (Lipinski definition) is 3. The summed E-state index contributed by atoms with van der Waals surface area (Å²) in [6, 6.07) is 5.43. The summed E-state index contributed by atoms with van der Waals surface area (Å²) in [6.07, 6.45) is 2.12. The second kappa shape index (κ2) is 6.04. The van der Waals surface area contributed by atoms with Crippen LogP contribution >= 0.6 is 0 Å². The van der Waals surface area contributed by atoms with Gasteiger partial charge in [-0.2, -0.15) is 0 Å². The first kappa shape index (κ1) is 15.0. The SMILES string of the molecule is NC1CCC2CN(C(=O)CNC(=O)c3ccc(F)cc3)CC12. The van der Waals surface area contributed by atoms with Gasteiger partial charge in [-0.05, 0) is 48.9 Å². The molecular weight excluding hydrogens is 285 g/mol. The molecule has 1 aliphatic carbocycles. The van der Waals surface area contributed by atoms with E-state index in [4.69, 9.17) is 5.73 Å². The monoisotopic (exact) mass is 305 g/mol. The molecule has 3 N–H and O–H groups in total. The van der Waals surface area contributed by atoms with Gasteiger partial charge < -0.3 is 16.0 Å². The van der Waals surface area contributed by atoms with Gasteiger partial charge in [0.25, 0.3) is 5.91 Å². The topological polar surface area (TPSA) is 75.4 Å². The van der Waals surface area contributed by atoms with Crippen LogP contribution in [-0.4, -0.2) is 42.4 Å². The van der Waals surface area contributed by atoms with E-state index in [1.165, 1.54) is 24.3 Å². The van der Waals surface area contributed by atoms with E-state index in [2.05, 4.69) is 5.32 Å². The molecule has 1 heterocycles. The van der Waals surface area contributed by atoms with Gasteiger partial charge in [-0.1, -0.05) is 0 Å². The number of carbonyl (C=O) groups is 2. The largest absolute Gasteiger partial charge is 0.343 e. The lowest BCUT2D eigenvalue weighted by Crippen LogP contribution is -2.40. The van der Waals surface area contributed by atoms with Crippen molar-refractivity contribution >= 4 is 11.8 Å². The molecule has 1 aliphatic heterocycles. The molecule has 1 aromatic carbocycles. The molecule has 1 saturated heterocycles. The van der Waals surface area contributed by atoms with Gasteiger partial charge in [0.1, 0.15) is 5.82 Å². The third-order valence-electron chi connectivity index (χ3n) is 4.77. The molecule has 0 radical (unpaired) electrons. The number of likely N-dealkylation sites (tertiary alicyclic amines) is 1. The van der Waals surface area contributed by atoms with E-state index in [1.54, 1.807) is 4.90 Å². The Morgan fingerprint density at radius 3 is 2.64 bits per heavy atom. The highest BCUT2D eigenvalue weighted by molar-refractivity contribution is 5.96. The molecule has 0 bridgehead atoms. The van der Waals surface area contributed by atoms with Crippen LogP contribution in [0.2, 0.25) is 0 Å². The predicted octanol–water partition coefficient (Wildman–Crippen LogP) is 0.751. The molecule has 2 aliphatic rings. The molecule has 0 aromatic heterocycles. The van der Waals surface area contributed by atoms with Crippen molar-refractivity contribution in [2.75, 3.05) is 19.6 Å². The van der Waals surface area contributed by atoms with Gasteiger partial charge in [0, 0.05) is 24.7 Å². The Morgan fingerprint density at radius 2 is 1.95 bits per heavy atom. The van der Waals surface area contributed by atoms with Gasteiger partial charge in [0.15, 0.2) is 0 Å². The number of hydrogen-bond donors (Lipinski definition) is 2. The van der Waals surface area contributed by atoms with Crippen molar-refractivity contribution in [1.82, 2.24) is 10.2 Å². The zero-order valence-electron chi connectivity index (χ0n) is 12.3. The van der Waals surface area contributed by atoms with Crippen LogP contribution in [0.5, 0.6) is 0 Å². The van der Waals surface area contributed by atoms with E-state index >= 15 is 0 Å². The van der Waals surface area contributed by atoms with E-state index in [9.17, 15) is 14.0 Å². The van der Waals surface area contributed by atoms with Gasteiger partial charge in [-0.25, -0.2) is 4.39 Å². The van der Waals surface area contributed by atoms with Crippen molar-refractivity contribution < 1.29 is 14.0 Å². The van der Waals surface area contributed by atoms with E-state index in [-0.39, 0.29) is 24.4 Å². The third kappa shape index (κ3) is 2.97. The fourth-order valence-electron chi connectivity index (χ4n) is 3.48. The zero-order chi connectivity index (χ0) is 15.7. The summed E-state index contributed by atoms with van der Waals surface area (Å²) in [5, 5.41) is 2.59. The fourth-order valence-corrected chi connectivity index (χ4v) is 3.48. The van der Waals surface area contributed by atoms with Gasteiger partial charge in [0.05, 0.1) is 6.54 Å². The minimum absolute atomic E-state index is 0.0368. The number of nitrogens with one attached hydrogen (secondary N) is 1. The van der Waals surface area contributed by atoms with Crippen LogP contribution in [0.15, 0.2) is 24.3 Å². The number of amides is 2. The standard InChI is InChI=1S/C16H20FN3O2/c17-12-4-1-10(2-5-12)16(22)19-7-15(21)20-8-11-3-6-14(18)13(11)9-20/h1-2,4-5,11,13-14H,3,6-9,18H2,(H,19,22). The van der Waals surface area contributed by atoms with Gasteiger partial charge >= 0.3 is 0 Å². The highest BCUT2D eigenvalue weighted by Gasteiger charge is 2.42. The molecule has 6 heteroatoms. The van der Waals surface area contributed by atoms with E-state index in [1.807, 2.05) is 0 Å². The lowest BCUT2D eigenvalue weighted by atomic mass is 9.98. The normalized spacial score (nSPS) is 26.8. The molecule has 5 nitrogen and oxygen atoms in total. The van der Waals surface area contributed by atoms with Gasteiger partial charge in [0.2, 0.25) is 5.91 Å². The first-order chi connectivity index (χ1) is 10.5. The predicted molar refractivity (Wildman–Crippen MR) is 79.5 cm³/mol. The van der Waals surface area contributed by atoms with Gasteiger partial charge in [-0.3, -0.25) is 9.59 Å². The smallest absolute Gasteiger partial charge is 0.251 e. The molecular formula is C16H20FN3O2. The molecule has 2 amide bonds. The Balaban J connectivity index is 1.50. The summed E-state index contributed by atoms with van der Waals surface area (Å²) in [4.78, 5) is 25.9. The summed E-state index contributed by atoms with van der Waals surface area (Å²) in [7, 11) is 0. The highest BCUT2D eigenvalue weighted by atomic mass is 19.1. The second-order valence-electron chi connectivity index (χ2n) is 6.15. The summed E-state index contributed by atoms with van der Waals surface area (Å²) >= 11 is 0. The van der Waals surface area contributed by atoms with Crippen molar-refractivity contribution in [2.45, 2.75) is 18.9 Å². The maximum Gasteiger partial charge on any atom is 0.251 e. The Labute approximate surface area is 128 Å². The van der Waals surface area contributed by atoms with Crippen molar-refractivity contribution in [3.8, 4) is 0 Å². The Hall–Kier alpha value is -1.95. The number of benzene rings is 1. The summed E-state index contributed by atoms with van der Waals surface area (Å²) in [6.45, 7) is 1.39. The summed E-state index contributed by atoms with van der Waals surface area (Å²) < 4.78 is 12.8. The number of nitrogens with zero attached hydrogens (tertiary/aromatic N) is 1. The Kier molecular flexibility index (Phi) is 4.11. The number of rotatable bonds is 3. The van der Waals surface area contributed by atoms with Crippen LogP contribution in [0.3, 0.4) is 0 Å². The molecule has 2 fully saturated rings. The molecule has 3 unspecified atom stereocenters. The fraction of sp³-hybridized carbons (Fsp3) is 0.500. The minimum Gasteiger partial charge on any atom is -0.343 e. The van der Waals surface area contributed by atoms with Crippen LogP contribution in [-0.2, 0) is 4.79 Å². The number of halogens is 1. The number of carbonyl (C=O) groups excluding carboxylic acids is 2. The molecule has 22 heavy (non-hydrogen) atoms. The highest BCUT2D eigenvalue weighted by Crippen LogP contribution is 2.36. The Morgan fingerprint density at radius 1 is 1.23 bits per heavy atom. The van der Waals surface area contributed by atoms with Crippen LogP contribution in [0.25, 0.3) is 0 Å². The zero-order valence-corrected chi connectivity index (χ0v) is 12.3. The van der Waals surface area contributed by atoms with Crippen LogP contribution in [0, 0.1) is 17.7 Å². The van der Waals surface area contributed by atoms with Crippen molar-refractivity contribution in [2.24, 2.45) is 17.6 Å². The van der Waals surface area contributed by atoms with Crippen molar-refractivity contribution in [3.05, 3.63) is 35.6 Å². The first-order valence-corrected chi connectivity index (χ1v) is 7.61. The first-order valence-electron chi connectivity index (χ1n) is 7.61. The third-order valence-corrected chi connectivity index (χ3v) is 4.77. The molecule has 3 rings (SSSR count). The summed E-state index contributed by atoms with van der Waals surface area (Å²) in [5.74, 6) is 0.0533. The van der Waals surface area contributed by atoms with Gasteiger partial charge in [-0.15, -0.1) is 0 Å². The Bertz CT molecular complexity index is 575. The molecule has 0 spiro atoms.